The molecule has 122 valence electrons. The van der Waals surface area contributed by atoms with E-state index in [-0.39, 0.29) is 10.6 Å². The van der Waals surface area contributed by atoms with Gasteiger partial charge in [0.15, 0.2) is 9.84 Å². The molecule has 1 aliphatic heterocycles. The predicted molar refractivity (Wildman–Crippen MR) is 85.2 cm³/mol. The van der Waals surface area contributed by atoms with Crippen LogP contribution in [0, 0.1) is 10.1 Å². The predicted octanol–water partition coefficient (Wildman–Crippen LogP) is 1.53. The lowest BCUT2D eigenvalue weighted by atomic mass is 10.2. The van der Waals surface area contributed by atoms with E-state index in [0.717, 1.165) is 25.9 Å². The summed E-state index contributed by atoms with van der Waals surface area (Å²) in [7, 11) is -1.89. The Morgan fingerprint density at radius 3 is 2.50 bits per heavy atom. The van der Waals surface area contributed by atoms with Crippen LogP contribution in [0.15, 0.2) is 23.1 Å². The Morgan fingerprint density at radius 2 is 1.95 bits per heavy atom. The summed E-state index contributed by atoms with van der Waals surface area (Å²) >= 11 is 0. The second-order valence-electron chi connectivity index (χ2n) is 5.62. The summed E-state index contributed by atoms with van der Waals surface area (Å²) in [6.45, 7) is 3.55. The fourth-order valence-corrected chi connectivity index (χ4v) is 3.58. The van der Waals surface area contributed by atoms with Gasteiger partial charge in [0.05, 0.1) is 4.92 Å². The molecule has 1 heterocycles. The summed E-state index contributed by atoms with van der Waals surface area (Å²) in [6, 6.07) is 4.42. The number of anilines is 1. The van der Waals surface area contributed by atoms with Crippen LogP contribution in [0.1, 0.15) is 12.8 Å². The lowest BCUT2D eigenvalue weighted by Gasteiger charge is -2.23. The minimum atomic E-state index is -3.64. The summed E-state index contributed by atoms with van der Waals surface area (Å²) in [4.78, 5) is 14.6. The molecule has 0 spiro atoms. The van der Waals surface area contributed by atoms with E-state index in [1.165, 1.54) is 18.9 Å². The van der Waals surface area contributed by atoms with Crippen molar-refractivity contribution in [2.45, 2.75) is 17.7 Å². The van der Waals surface area contributed by atoms with Crippen LogP contribution < -0.4 is 4.90 Å². The fourth-order valence-electron chi connectivity index (χ4n) is 2.72. The molecule has 0 saturated carbocycles. The van der Waals surface area contributed by atoms with Crippen molar-refractivity contribution in [1.29, 1.82) is 0 Å². The number of para-hydroxylation sites is 1. The molecule has 22 heavy (non-hydrogen) atoms. The Balaban J connectivity index is 2.27. The molecule has 0 amide bonds. The zero-order valence-electron chi connectivity index (χ0n) is 12.9. The standard InChI is InChI=1S/C14H21N3O4S/c1-15(10-11-16-8-3-4-9-16)12-6-5-7-13(22(2,20)21)14(12)17(18)19/h5-7H,3-4,8-11H2,1-2H3. The quantitative estimate of drug-likeness (QED) is 0.582. The number of rotatable bonds is 6. The van der Waals surface area contributed by atoms with Gasteiger partial charge < -0.3 is 9.80 Å². The van der Waals surface area contributed by atoms with Gasteiger partial charge in [-0.25, -0.2) is 8.42 Å². The number of sulfone groups is 1. The highest BCUT2D eigenvalue weighted by Crippen LogP contribution is 2.33. The van der Waals surface area contributed by atoms with Gasteiger partial charge in [0.25, 0.3) is 0 Å². The van der Waals surface area contributed by atoms with Crippen LogP contribution in [-0.2, 0) is 9.84 Å². The van der Waals surface area contributed by atoms with Crippen molar-refractivity contribution in [3.63, 3.8) is 0 Å². The van der Waals surface area contributed by atoms with Crippen LogP contribution in [0.5, 0.6) is 0 Å². The van der Waals surface area contributed by atoms with Gasteiger partial charge in [-0.3, -0.25) is 10.1 Å². The molecule has 0 aromatic heterocycles. The first-order valence-corrected chi connectivity index (χ1v) is 9.11. The van der Waals surface area contributed by atoms with E-state index in [4.69, 9.17) is 0 Å². The minimum Gasteiger partial charge on any atom is -0.368 e. The molecule has 2 rings (SSSR count). The molecule has 1 aliphatic rings. The van der Waals surface area contributed by atoms with Gasteiger partial charge in [-0.1, -0.05) is 6.07 Å². The summed E-state index contributed by atoms with van der Waals surface area (Å²) in [5.74, 6) is 0. The number of nitro groups is 1. The number of nitro benzene ring substituents is 1. The molecule has 1 saturated heterocycles. The summed E-state index contributed by atoms with van der Waals surface area (Å²) in [6.07, 6.45) is 3.37. The number of benzene rings is 1. The normalized spacial score (nSPS) is 15.9. The third-order valence-corrected chi connectivity index (χ3v) is 5.05. The summed E-state index contributed by atoms with van der Waals surface area (Å²) in [5.41, 5.74) is 0.000967. The van der Waals surface area contributed by atoms with Crippen LogP contribution in [0.25, 0.3) is 0 Å². The van der Waals surface area contributed by atoms with Crippen molar-refractivity contribution in [2.75, 3.05) is 44.4 Å². The number of hydrogen-bond donors (Lipinski definition) is 0. The third kappa shape index (κ3) is 3.75. The van der Waals surface area contributed by atoms with Crippen molar-refractivity contribution in [1.82, 2.24) is 4.90 Å². The highest BCUT2D eigenvalue weighted by molar-refractivity contribution is 7.90. The van der Waals surface area contributed by atoms with Crippen molar-refractivity contribution in [3.05, 3.63) is 28.3 Å². The van der Waals surface area contributed by atoms with Crippen molar-refractivity contribution >= 4 is 21.2 Å². The van der Waals surface area contributed by atoms with Gasteiger partial charge in [-0.05, 0) is 38.1 Å². The average Bonchev–Trinajstić information content (AvgIpc) is 2.96. The fraction of sp³-hybridized carbons (Fsp3) is 0.571. The number of nitrogens with zero attached hydrogens (tertiary/aromatic N) is 3. The lowest BCUT2D eigenvalue weighted by molar-refractivity contribution is -0.387. The van der Waals surface area contributed by atoms with E-state index in [9.17, 15) is 18.5 Å². The van der Waals surface area contributed by atoms with Crippen molar-refractivity contribution < 1.29 is 13.3 Å². The topological polar surface area (TPSA) is 83.8 Å². The first kappa shape index (κ1) is 16.7. The highest BCUT2D eigenvalue weighted by atomic mass is 32.2. The Labute approximate surface area is 130 Å². The van der Waals surface area contributed by atoms with E-state index in [0.29, 0.717) is 12.2 Å². The zero-order valence-corrected chi connectivity index (χ0v) is 13.7. The van der Waals surface area contributed by atoms with Crippen LogP contribution >= 0.6 is 0 Å². The van der Waals surface area contributed by atoms with Gasteiger partial charge >= 0.3 is 5.69 Å². The second-order valence-corrected chi connectivity index (χ2v) is 7.61. The Bertz CT molecular complexity index is 654. The maximum Gasteiger partial charge on any atom is 0.311 e. The molecular weight excluding hydrogens is 306 g/mol. The van der Waals surface area contributed by atoms with E-state index in [2.05, 4.69) is 4.90 Å². The van der Waals surface area contributed by atoms with Crippen molar-refractivity contribution in [3.8, 4) is 0 Å². The molecule has 8 heteroatoms. The SMILES string of the molecule is CN(CCN1CCCC1)c1cccc(S(C)(=O)=O)c1[N+](=O)[O-]. The number of likely N-dealkylation sites (tertiary alicyclic amines) is 1. The summed E-state index contributed by atoms with van der Waals surface area (Å²) in [5, 5.41) is 11.4. The Morgan fingerprint density at radius 1 is 1.32 bits per heavy atom. The van der Waals surface area contributed by atoms with E-state index in [1.54, 1.807) is 24.1 Å². The third-order valence-electron chi connectivity index (χ3n) is 3.92. The van der Waals surface area contributed by atoms with E-state index < -0.39 is 14.8 Å². The van der Waals surface area contributed by atoms with Crippen LogP contribution in [0.3, 0.4) is 0 Å². The molecule has 0 bridgehead atoms. The van der Waals surface area contributed by atoms with Gasteiger partial charge in [0.2, 0.25) is 0 Å². The van der Waals surface area contributed by atoms with Crippen molar-refractivity contribution in [2.24, 2.45) is 0 Å². The number of likely N-dealkylation sites (N-methyl/N-ethyl adjacent to an activating group) is 1. The maximum atomic E-state index is 11.8. The second kappa shape index (κ2) is 6.62. The number of hydrogen-bond acceptors (Lipinski definition) is 6. The van der Waals surface area contributed by atoms with E-state index in [1.807, 2.05) is 0 Å². The molecule has 0 N–H and O–H groups in total. The largest absolute Gasteiger partial charge is 0.368 e. The van der Waals surface area contributed by atoms with Gasteiger partial charge in [0, 0.05) is 26.4 Å². The van der Waals surface area contributed by atoms with Gasteiger partial charge in [0.1, 0.15) is 10.6 Å². The van der Waals surface area contributed by atoms with Crippen LogP contribution in [0.4, 0.5) is 11.4 Å². The summed E-state index contributed by atoms with van der Waals surface area (Å²) < 4.78 is 23.5. The molecule has 1 aromatic rings. The minimum absolute atomic E-state index is 0.233. The van der Waals surface area contributed by atoms with E-state index >= 15 is 0 Å². The molecule has 1 fully saturated rings. The Kier molecular flexibility index (Phi) is 5.02. The lowest BCUT2D eigenvalue weighted by Crippen LogP contribution is -2.31. The zero-order chi connectivity index (χ0) is 16.3. The molecule has 7 nitrogen and oxygen atoms in total. The maximum absolute atomic E-state index is 11.8. The Hall–Kier alpha value is -1.67. The van der Waals surface area contributed by atoms with Crippen LogP contribution in [0.2, 0.25) is 0 Å². The van der Waals surface area contributed by atoms with Gasteiger partial charge in [-0.15, -0.1) is 0 Å². The monoisotopic (exact) mass is 327 g/mol. The highest BCUT2D eigenvalue weighted by Gasteiger charge is 2.27. The van der Waals surface area contributed by atoms with Crippen LogP contribution in [-0.4, -0.2) is 57.7 Å². The molecular formula is C14H21N3O4S. The first-order chi connectivity index (χ1) is 10.3. The molecule has 0 unspecified atom stereocenters. The first-order valence-electron chi connectivity index (χ1n) is 7.21. The van der Waals surface area contributed by atoms with Gasteiger partial charge in [-0.2, -0.15) is 0 Å². The molecule has 0 atom stereocenters. The smallest absolute Gasteiger partial charge is 0.311 e. The average molecular weight is 327 g/mol. The molecule has 0 radical (unpaired) electrons. The molecule has 0 aliphatic carbocycles. The molecule has 1 aromatic carbocycles.